The second kappa shape index (κ2) is 3.59. The van der Waals surface area contributed by atoms with E-state index >= 15 is 0 Å². The van der Waals surface area contributed by atoms with Crippen LogP contribution in [0.2, 0.25) is 0 Å². The summed E-state index contributed by atoms with van der Waals surface area (Å²) in [4.78, 5) is 4.02. The topological polar surface area (TPSA) is 78.3 Å². The van der Waals surface area contributed by atoms with Gasteiger partial charge < -0.3 is 10.5 Å². The van der Waals surface area contributed by atoms with Crippen molar-refractivity contribution in [2.75, 3.05) is 13.7 Å². The Kier molecular flexibility index (Phi) is 2.28. The van der Waals surface area contributed by atoms with E-state index in [1.165, 1.54) is 0 Å². The molecule has 6 nitrogen and oxygen atoms in total. The molecule has 2 N–H and O–H groups in total. The largest absolute Gasteiger partial charge is 0.478 e. The predicted octanol–water partition coefficient (Wildman–Crippen LogP) is -0.366. The molecule has 0 aliphatic carbocycles. The Morgan fingerprint density at radius 2 is 2.36 bits per heavy atom. The molecule has 6 heteroatoms. The van der Waals surface area contributed by atoms with E-state index in [1.54, 1.807) is 19.5 Å². The monoisotopic (exact) mass is 193 g/mol. The van der Waals surface area contributed by atoms with Gasteiger partial charge in [-0.05, 0) is 6.54 Å². The van der Waals surface area contributed by atoms with Crippen molar-refractivity contribution in [2.45, 2.75) is 6.42 Å². The van der Waals surface area contributed by atoms with E-state index in [1.807, 2.05) is 4.40 Å². The summed E-state index contributed by atoms with van der Waals surface area (Å²) in [6.07, 6.45) is 4.13. The number of rotatable bonds is 3. The predicted molar refractivity (Wildman–Crippen MR) is 50.1 cm³/mol. The van der Waals surface area contributed by atoms with Gasteiger partial charge in [0.1, 0.15) is 5.82 Å². The van der Waals surface area contributed by atoms with Crippen LogP contribution in [0.1, 0.15) is 5.82 Å². The summed E-state index contributed by atoms with van der Waals surface area (Å²) in [6.45, 7) is 0.547. The SMILES string of the molecule is COc1nccn2c(CCN)nnc12. The lowest BCUT2D eigenvalue weighted by molar-refractivity contribution is 0.400. The number of methoxy groups -OCH3 is 1. The highest BCUT2D eigenvalue weighted by Gasteiger charge is 2.09. The summed E-state index contributed by atoms with van der Waals surface area (Å²) in [5.74, 6) is 1.30. The molecule has 0 saturated carbocycles. The minimum Gasteiger partial charge on any atom is -0.478 e. The zero-order valence-corrected chi connectivity index (χ0v) is 7.84. The maximum atomic E-state index is 5.45. The Morgan fingerprint density at radius 1 is 1.50 bits per heavy atom. The lowest BCUT2D eigenvalue weighted by atomic mass is 10.4. The van der Waals surface area contributed by atoms with Gasteiger partial charge in [-0.3, -0.25) is 4.40 Å². The van der Waals surface area contributed by atoms with Crippen molar-refractivity contribution < 1.29 is 4.74 Å². The van der Waals surface area contributed by atoms with Gasteiger partial charge in [0.15, 0.2) is 0 Å². The summed E-state index contributed by atoms with van der Waals surface area (Å²) >= 11 is 0. The maximum absolute atomic E-state index is 5.45. The summed E-state index contributed by atoms with van der Waals surface area (Å²) in [6, 6.07) is 0. The van der Waals surface area contributed by atoms with Crippen molar-refractivity contribution in [1.29, 1.82) is 0 Å². The second-order valence-electron chi connectivity index (χ2n) is 2.79. The molecule has 2 aromatic heterocycles. The summed E-state index contributed by atoms with van der Waals surface area (Å²) in [7, 11) is 1.56. The van der Waals surface area contributed by atoms with Crippen molar-refractivity contribution in [3.8, 4) is 5.88 Å². The second-order valence-corrected chi connectivity index (χ2v) is 2.79. The molecule has 0 aliphatic heterocycles. The molecule has 2 aromatic rings. The van der Waals surface area contributed by atoms with Gasteiger partial charge in [-0.2, -0.15) is 0 Å². The highest BCUT2D eigenvalue weighted by Crippen LogP contribution is 2.13. The third-order valence-electron chi connectivity index (χ3n) is 1.93. The van der Waals surface area contributed by atoms with Gasteiger partial charge in [0.05, 0.1) is 7.11 Å². The first kappa shape index (κ1) is 8.89. The van der Waals surface area contributed by atoms with Crippen molar-refractivity contribution in [1.82, 2.24) is 19.6 Å². The quantitative estimate of drug-likeness (QED) is 0.719. The van der Waals surface area contributed by atoms with Gasteiger partial charge in [0.2, 0.25) is 5.65 Å². The Balaban J connectivity index is 2.57. The van der Waals surface area contributed by atoms with Crippen LogP contribution in [-0.2, 0) is 6.42 Å². The fraction of sp³-hybridized carbons (Fsp3) is 0.375. The molecule has 74 valence electrons. The third kappa shape index (κ3) is 1.29. The molecule has 0 unspecified atom stereocenters. The highest BCUT2D eigenvalue weighted by molar-refractivity contribution is 5.48. The molecule has 0 amide bonds. The van der Waals surface area contributed by atoms with Crippen LogP contribution in [0.15, 0.2) is 12.4 Å². The number of fused-ring (bicyclic) bond motifs is 1. The Labute approximate surface area is 80.7 Å². The molecule has 0 fully saturated rings. The zero-order chi connectivity index (χ0) is 9.97. The van der Waals surface area contributed by atoms with Crippen LogP contribution < -0.4 is 10.5 Å². The van der Waals surface area contributed by atoms with Crippen LogP contribution in [0.5, 0.6) is 5.88 Å². The van der Waals surface area contributed by atoms with Gasteiger partial charge in [-0.1, -0.05) is 0 Å². The van der Waals surface area contributed by atoms with E-state index in [9.17, 15) is 0 Å². The standard InChI is InChI=1S/C8H11N5O/c1-14-8-7-12-11-6(2-3-9)13(7)5-4-10-8/h4-5H,2-3,9H2,1H3. The van der Waals surface area contributed by atoms with Crippen LogP contribution in [0, 0.1) is 0 Å². The van der Waals surface area contributed by atoms with Gasteiger partial charge in [0.25, 0.3) is 5.88 Å². The number of hydrogen-bond acceptors (Lipinski definition) is 5. The summed E-state index contributed by atoms with van der Waals surface area (Å²) in [5.41, 5.74) is 6.08. The van der Waals surface area contributed by atoms with Crippen LogP contribution in [0.3, 0.4) is 0 Å². The number of nitrogens with zero attached hydrogens (tertiary/aromatic N) is 4. The van der Waals surface area contributed by atoms with Gasteiger partial charge in [-0.25, -0.2) is 4.98 Å². The molecule has 2 rings (SSSR count). The molecule has 0 atom stereocenters. The molecule has 0 aliphatic rings. The minimum atomic E-state index is 0.475. The first-order valence-electron chi connectivity index (χ1n) is 4.29. The van der Waals surface area contributed by atoms with E-state index in [4.69, 9.17) is 10.5 Å². The lowest BCUT2D eigenvalue weighted by Crippen LogP contribution is -2.06. The Morgan fingerprint density at radius 3 is 3.07 bits per heavy atom. The van der Waals surface area contributed by atoms with Crippen LogP contribution in [0.25, 0.3) is 5.65 Å². The minimum absolute atomic E-state index is 0.475. The van der Waals surface area contributed by atoms with E-state index in [0.717, 1.165) is 5.82 Å². The Bertz CT molecular complexity index is 438. The molecule has 0 aromatic carbocycles. The van der Waals surface area contributed by atoms with Crippen molar-refractivity contribution in [3.05, 3.63) is 18.2 Å². The fourth-order valence-electron chi connectivity index (χ4n) is 1.30. The van der Waals surface area contributed by atoms with Crippen LogP contribution in [-0.4, -0.2) is 33.2 Å². The van der Waals surface area contributed by atoms with E-state index < -0.39 is 0 Å². The molecule has 0 radical (unpaired) electrons. The normalized spacial score (nSPS) is 10.7. The lowest BCUT2D eigenvalue weighted by Gasteiger charge is -2.00. The smallest absolute Gasteiger partial charge is 0.260 e. The van der Waals surface area contributed by atoms with E-state index in [2.05, 4.69) is 15.2 Å². The average molecular weight is 193 g/mol. The van der Waals surface area contributed by atoms with Gasteiger partial charge in [0, 0.05) is 18.8 Å². The summed E-state index contributed by atoms with van der Waals surface area (Å²) < 4.78 is 6.89. The molecule has 2 heterocycles. The molecule has 0 bridgehead atoms. The number of nitrogens with two attached hydrogens (primary N) is 1. The number of ether oxygens (including phenoxy) is 1. The third-order valence-corrected chi connectivity index (χ3v) is 1.93. The number of hydrogen-bond donors (Lipinski definition) is 1. The molecule has 0 saturated heterocycles. The van der Waals surface area contributed by atoms with Crippen LogP contribution in [0.4, 0.5) is 0 Å². The fourth-order valence-corrected chi connectivity index (χ4v) is 1.30. The molecular formula is C8H11N5O. The molecule has 0 spiro atoms. The van der Waals surface area contributed by atoms with Crippen molar-refractivity contribution >= 4 is 5.65 Å². The maximum Gasteiger partial charge on any atom is 0.260 e. The first-order chi connectivity index (χ1) is 6.86. The highest BCUT2D eigenvalue weighted by atomic mass is 16.5. The number of aromatic nitrogens is 4. The first-order valence-corrected chi connectivity index (χ1v) is 4.29. The van der Waals surface area contributed by atoms with E-state index in [0.29, 0.717) is 24.5 Å². The Hall–Kier alpha value is -1.69. The van der Waals surface area contributed by atoms with E-state index in [-0.39, 0.29) is 0 Å². The van der Waals surface area contributed by atoms with Crippen molar-refractivity contribution in [3.63, 3.8) is 0 Å². The van der Waals surface area contributed by atoms with Crippen LogP contribution >= 0.6 is 0 Å². The summed E-state index contributed by atoms with van der Waals surface area (Å²) in [5, 5.41) is 7.98. The zero-order valence-electron chi connectivity index (χ0n) is 7.84. The molecular weight excluding hydrogens is 182 g/mol. The van der Waals surface area contributed by atoms with Gasteiger partial charge in [-0.15, -0.1) is 10.2 Å². The van der Waals surface area contributed by atoms with Gasteiger partial charge >= 0.3 is 0 Å². The average Bonchev–Trinajstić information content (AvgIpc) is 2.62. The van der Waals surface area contributed by atoms with Crippen molar-refractivity contribution in [2.24, 2.45) is 5.73 Å². The molecule has 14 heavy (non-hydrogen) atoms.